The highest BCUT2D eigenvalue weighted by Gasteiger charge is 2.30. The van der Waals surface area contributed by atoms with E-state index in [2.05, 4.69) is 0 Å². The lowest BCUT2D eigenvalue weighted by Gasteiger charge is -2.15. The van der Waals surface area contributed by atoms with Crippen molar-refractivity contribution in [2.75, 3.05) is 0 Å². The molecule has 0 aromatic heterocycles. The van der Waals surface area contributed by atoms with E-state index in [0.717, 1.165) is 5.56 Å². The number of carbonyl (C=O) groups is 2. The summed E-state index contributed by atoms with van der Waals surface area (Å²) in [6.07, 6.45) is 0. The first-order chi connectivity index (χ1) is 7.45. The second-order valence-corrected chi connectivity index (χ2v) is 3.89. The molecule has 0 fully saturated rings. The first kappa shape index (κ1) is 12.2. The van der Waals surface area contributed by atoms with Crippen LogP contribution in [0.25, 0.3) is 0 Å². The Balaban J connectivity index is 3.29. The molecular weight excluding hydrogens is 208 g/mol. The number of carboxylic acids is 2. The number of carboxylic acid groups (broad SMARTS) is 2. The van der Waals surface area contributed by atoms with Crippen LogP contribution >= 0.6 is 0 Å². The summed E-state index contributed by atoms with van der Waals surface area (Å²) in [5, 5.41) is 17.8. The fraction of sp³-hybridized carbons (Fsp3) is 0.333. The summed E-state index contributed by atoms with van der Waals surface area (Å²) in [6.45, 7) is 3.80. The van der Waals surface area contributed by atoms with Gasteiger partial charge in [-0.1, -0.05) is 38.1 Å². The molecule has 0 saturated carbocycles. The average Bonchev–Trinajstić information content (AvgIpc) is 2.17. The molecule has 0 unspecified atom stereocenters. The van der Waals surface area contributed by atoms with Crippen LogP contribution in [-0.2, 0) is 9.59 Å². The van der Waals surface area contributed by atoms with Crippen molar-refractivity contribution < 1.29 is 19.8 Å². The Bertz CT molecular complexity index is 395. The van der Waals surface area contributed by atoms with Crippen molar-refractivity contribution in [2.45, 2.75) is 25.7 Å². The molecular formula is C12H14O4. The minimum absolute atomic E-state index is 0.0948. The van der Waals surface area contributed by atoms with E-state index in [0.29, 0.717) is 5.56 Å². The van der Waals surface area contributed by atoms with Gasteiger partial charge in [0.15, 0.2) is 5.92 Å². The highest BCUT2D eigenvalue weighted by Crippen LogP contribution is 2.26. The zero-order chi connectivity index (χ0) is 12.3. The molecule has 1 rings (SSSR count). The van der Waals surface area contributed by atoms with Gasteiger partial charge in [-0.05, 0) is 17.0 Å². The largest absolute Gasteiger partial charge is 0.480 e. The summed E-state index contributed by atoms with van der Waals surface area (Å²) in [4.78, 5) is 21.9. The van der Waals surface area contributed by atoms with E-state index in [1.54, 1.807) is 24.3 Å². The van der Waals surface area contributed by atoms with E-state index < -0.39 is 17.9 Å². The van der Waals surface area contributed by atoms with Crippen LogP contribution in [0.1, 0.15) is 36.8 Å². The van der Waals surface area contributed by atoms with Crippen molar-refractivity contribution in [2.24, 2.45) is 0 Å². The van der Waals surface area contributed by atoms with Gasteiger partial charge >= 0.3 is 11.9 Å². The van der Waals surface area contributed by atoms with Crippen LogP contribution in [0.15, 0.2) is 24.3 Å². The Morgan fingerprint density at radius 2 is 1.44 bits per heavy atom. The molecule has 4 nitrogen and oxygen atoms in total. The van der Waals surface area contributed by atoms with Crippen molar-refractivity contribution in [3.05, 3.63) is 35.4 Å². The number of hydrogen-bond donors (Lipinski definition) is 2. The fourth-order valence-corrected chi connectivity index (χ4v) is 1.67. The molecule has 0 aliphatic heterocycles. The van der Waals surface area contributed by atoms with Crippen molar-refractivity contribution in [1.82, 2.24) is 0 Å². The first-order valence-corrected chi connectivity index (χ1v) is 4.99. The summed E-state index contributed by atoms with van der Waals surface area (Å²) < 4.78 is 0. The van der Waals surface area contributed by atoms with Gasteiger partial charge in [0.2, 0.25) is 0 Å². The molecule has 2 N–H and O–H groups in total. The van der Waals surface area contributed by atoms with Gasteiger partial charge in [-0.3, -0.25) is 9.59 Å². The van der Waals surface area contributed by atoms with Crippen molar-refractivity contribution in [1.29, 1.82) is 0 Å². The second kappa shape index (κ2) is 4.79. The van der Waals surface area contributed by atoms with Gasteiger partial charge in [0.25, 0.3) is 0 Å². The van der Waals surface area contributed by atoms with Crippen molar-refractivity contribution >= 4 is 11.9 Å². The van der Waals surface area contributed by atoms with Crippen LogP contribution in [-0.4, -0.2) is 22.2 Å². The molecule has 0 bridgehead atoms. The summed E-state index contributed by atoms with van der Waals surface area (Å²) in [6, 6.07) is 6.75. The highest BCUT2D eigenvalue weighted by atomic mass is 16.4. The van der Waals surface area contributed by atoms with E-state index in [-0.39, 0.29) is 5.92 Å². The van der Waals surface area contributed by atoms with E-state index in [4.69, 9.17) is 10.2 Å². The minimum Gasteiger partial charge on any atom is -0.480 e. The summed E-state index contributed by atoms with van der Waals surface area (Å²) in [7, 11) is 0. The number of rotatable bonds is 4. The molecule has 0 spiro atoms. The normalized spacial score (nSPS) is 10.8. The lowest BCUT2D eigenvalue weighted by molar-refractivity contribution is -0.150. The molecule has 0 aliphatic carbocycles. The van der Waals surface area contributed by atoms with Gasteiger partial charge < -0.3 is 10.2 Å². The number of hydrogen-bond acceptors (Lipinski definition) is 2. The lowest BCUT2D eigenvalue weighted by atomic mass is 9.89. The second-order valence-electron chi connectivity index (χ2n) is 3.89. The Labute approximate surface area is 93.5 Å². The summed E-state index contributed by atoms with van der Waals surface area (Å²) in [5.74, 6) is -4.06. The van der Waals surface area contributed by atoms with Crippen LogP contribution in [0.5, 0.6) is 0 Å². The van der Waals surface area contributed by atoms with Crippen LogP contribution in [0, 0.1) is 0 Å². The maximum absolute atomic E-state index is 10.9. The Morgan fingerprint density at radius 1 is 1.00 bits per heavy atom. The van der Waals surface area contributed by atoms with E-state index in [1.165, 1.54) is 0 Å². The monoisotopic (exact) mass is 222 g/mol. The first-order valence-electron chi connectivity index (χ1n) is 4.99. The zero-order valence-corrected chi connectivity index (χ0v) is 9.18. The Hall–Kier alpha value is -1.84. The number of aliphatic carboxylic acids is 2. The maximum Gasteiger partial charge on any atom is 0.322 e. The van der Waals surface area contributed by atoms with Gasteiger partial charge in [0.1, 0.15) is 0 Å². The quantitative estimate of drug-likeness (QED) is 0.764. The Morgan fingerprint density at radius 3 is 1.81 bits per heavy atom. The summed E-state index contributed by atoms with van der Waals surface area (Å²) >= 11 is 0. The zero-order valence-electron chi connectivity index (χ0n) is 9.18. The van der Waals surface area contributed by atoms with Gasteiger partial charge in [0.05, 0.1) is 0 Å². The van der Waals surface area contributed by atoms with Crippen molar-refractivity contribution in [3.8, 4) is 0 Å². The molecule has 1 aromatic rings. The Kier molecular flexibility index (Phi) is 3.66. The lowest BCUT2D eigenvalue weighted by Crippen LogP contribution is -2.22. The van der Waals surface area contributed by atoms with Gasteiger partial charge in [-0.2, -0.15) is 0 Å². The molecule has 86 valence electrons. The predicted molar refractivity (Wildman–Crippen MR) is 58.5 cm³/mol. The van der Waals surface area contributed by atoms with E-state index in [1.807, 2.05) is 13.8 Å². The third-order valence-corrected chi connectivity index (χ3v) is 2.42. The smallest absolute Gasteiger partial charge is 0.322 e. The molecule has 0 atom stereocenters. The van der Waals surface area contributed by atoms with Gasteiger partial charge in [0, 0.05) is 0 Å². The van der Waals surface area contributed by atoms with Crippen LogP contribution in [0.3, 0.4) is 0 Å². The number of benzene rings is 1. The topological polar surface area (TPSA) is 74.6 Å². The van der Waals surface area contributed by atoms with Gasteiger partial charge in [-0.15, -0.1) is 0 Å². The molecule has 0 saturated heterocycles. The fourth-order valence-electron chi connectivity index (χ4n) is 1.67. The standard InChI is InChI=1S/C12H14O4/c1-7(2)8-5-3-4-6-9(8)10(11(13)14)12(15)16/h3-7,10H,1-2H3,(H,13,14)(H,15,16). The van der Waals surface area contributed by atoms with Crippen LogP contribution in [0.4, 0.5) is 0 Å². The molecule has 0 radical (unpaired) electrons. The molecule has 0 heterocycles. The maximum atomic E-state index is 10.9. The highest BCUT2D eigenvalue weighted by molar-refractivity contribution is 5.99. The van der Waals surface area contributed by atoms with Gasteiger partial charge in [-0.25, -0.2) is 0 Å². The van der Waals surface area contributed by atoms with E-state index >= 15 is 0 Å². The molecule has 0 aliphatic rings. The predicted octanol–water partition coefficient (Wildman–Crippen LogP) is 2.06. The average molecular weight is 222 g/mol. The van der Waals surface area contributed by atoms with Crippen LogP contribution < -0.4 is 0 Å². The van der Waals surface area contributed by atoms with Crippen molar-refractivity contribution in [3.63, 3.8) is 0 Å². The van der Waals surface area contributed by atoms with E-state index in [9.17, 15) is 9.59 Å². The summed E-state index contributed by atoms with van der Waals surface area (Å²) in [5.41, 5.74) is 1.12. The SMILES string of the molecule is CC(C)c1ccccc1C(C(=O)O)C(=O)O. The third kappa shape index (κ3) is 2.39. The molecule has 0 amide bonds. The minimum atomic E-state index is -1.49. The molecule has 4 heteroatoms. The van der Waals surface area contributed by atoms with Crippen LogP contribution in [0.2, 0.25) is 0 Å². The molecule has 16 heavy (non-hydrogen) atoms. The molecule has 1 aromatic carbocycles. The third-order valence-electron chi connectivity index (χ3n) is 2.42.